The van der Waals surface area contributed by atoms with Gasteiger partial charge in [-0.3, -0.25) is 5.84 Å². The fourth-order valence-corrected chi connectivity index (χ4v) is 1.76. The Kier molecular flexibility index (Phi) is 3.93. The molecule has 2 aromatic rings. The molecule has 0 saturated heterocycles. The second-order valence-electron chi connectivity index (χ2n) is 3.84. The quantitative estimate of drug-likeness (QED) is 0.568. The first kappa shape index (κ1) is 13.2. The number of hydrazine groups is 1. The van der Waals surface area contributed by atoms with Gasteiger partial charge in [-0.1, -0.05) is 0 Å². The van der Waals surface area contributed by atoms with Gasteiger partial charge in [0.1, 0.15) is 11.7 Å². The van der Waals surface area contributed by atoms with Crippen molar-refractivity contribution in [2.24, 2.45) is 12.9 Å². The number of hydrogen-bond donors (Lipinski definition) is 2. The molecule has 0 aliphatic carbocycles. The Morgan fingerprint density at radius 1 is 1.32 bits per heavy atom. The van der Waals surface area contributed by atoms with Crippen LogP contribution in [0.15, 0.2) is 18.7 Å². The maximum absolute atomic E-state index is 5.61. The van der Waals surface area contributed by atoms with E-state index in [1.54, 1.807) is 12.5 Å². The van der Waals surface area contributed by atoms with Crippen LogP contribution in [-0.2, 0) is 7.05 Å². The number of aromatic nitrogens is 4. The van der Waals surface area contributed by atoms with Crippen molar-refractivity contribution in [3.8, 4) is 11.8 Å². The van der Waals surface area contributed by atoms with E-state index < -0.39 is 0 Å². The molecule has 2 rings (SSSR count). The predicted octanol–water partition coefficient (Wildman–Crippen LogP) is -0.220. The van der Waals surface area contributed by atoms with Crippen LogP contribution in [0.4, 0.5) is 0 Å². The topological polar surface area (TPSA) is 100 Å². The first-order chi connectivity index (χ1) is 9.21. The normalized spacial score (nSPS) is 12.2. The van der Waals surface area contributed by atoms with Crippen molar-refractivity contribution in [2.75, 3.05) is 14.2 Å². The lowest BCUT2D eigenvalue weighted by Crippen LogP contribution is -2.31. The number of methoxy groups -OCH3 is 2. The van der Waals surface area contributed by atoms with Crippen LogP contribution in [0.5, 0.6) is 11.8 Å². The van der Waals surface area contributed by atoms with E-state index in [9.17, 15) is 0 Å². The smallest absolute Gasteiger partial charge is 0.240 e. The second kappa shape index (κ2) is 5.63. The summed E-state index contributed by atoms with van der Waals surface area (Å²) < 4.78 is 12.1. The van der Waals surface area contributed by atoms with Crippen LogP contribution in [0.3, 0.4) is 0 Å². The molecule has 0 aromatic carbocycles. The van der Waals surface area contributed by atoms with Gasteiger partial charge in [-0.15, -0.1) is 0 Å². The van der Waals surface area contributed by atoms with Gasteiger partial charge in [0.15, 0.2) is 0 Å². The van der Waals surface area contributed by atoms with E-state index in [2.05, 4.69) is 20.4 Å². The van der Waals surface area contributed by atoms with E-state index >= 15 is 0 Å². The Labute approximate surface area is 110 Å². The third kappa shape index (κ3) is 2.49. The van der Waals surface area contributed by atoms with Gasteiger partial charge in [0.2, 0.25) is 11.8 Å². The molecule has 1 unspecified atom stereocenters. The number of nitrogens with one attached hydrogen (secondary N) is 1. The number of nitrogens with two attached hydrogens (primary N) is 1. The lowest BCUT2D eigenvalue weighted by molar-refractivity contribution is 0.352. The van der Waals surface area contributed by atoms with Crippen molar-refractivity contribution >= 4 is 0 Å². The van der Waals surface area contributed by atoms with Crippen LogP contribution in [0.2, 0.25) is 0 Å². The number of rotatable bonds is 5. The van der Waals surface area contributed by atoms with Gasteiger partial charge in [0.05, 0.1) is 38.6 Å². The molecule has 3 N–H and O–H groups in total. The maximum atomic E-state index is 5.61. The number of nitrogens with zero attached hydrogens (tertiary/aromatic N) is 4. The molecule has 8 nitrogen and oxygen atoms in total. The van der Waals surface area contributed by atoms with E-state index in [4.69, 9.17) is 15.3 Å². The molecule has 102 valence electrons. The maximum Gasteiger partial charge on any atom is 0.240 e. The molecule has 0 saturated carbocycles. The Morgan fingerprint density at radius 3 is 2.63 bits per heavy atom. The van der Waals surface area contributed by atoms with Crippen molar-refractivity contribution in [2.45, 2.75) is 6.04 Å². The van der Waals surface area contributed by atoms with E-state index in [0.717, 1.165) is 5.69 Å². The molecule has 0 fully saturated rings. The largest absolute Gasteiger partial charge is 0.480 e. The van der Waals surface area contributed by atoms with Gasteiger partial charge < -0.3 is 14.0 Å². The molecule has 0 amide bonds. The summed E-state index contributed by atoms with van der Waals surface area (Å²) >= 11 is 0. The lowest BCUT2D eigenvalue weighted by atomic mass is 10.1. The monoisotopic (exact) mass is 264 g/mol. The van der Waals surface area contributed by atoms with Crippen molar-refractivity contribution in [3.05, 3.63) is 30.1 Å². The van der Waals surface area contributed by atoms with Crippen LogP contribution in [0.1, 0.15) is 17.4 Å². The standard InChI is InChI=1S/C11H16N6O2/c1-17-6-13-4-7(17)9(16-12)10-11(19-3)15-8(18-2)5-14-10/h4-6,9,16H,12H2,1-3H3. The van der Waals surface area contributed by atoms with E-state index in [-0.39, 0.29) is 6.04 Å². The summed E-state index contributed by atoms with van der Waals surface area (Å²) in [7, 11) is 4.91. The summed E-state index contributed by atoms with van der Waals surface area (Å²) in [5.41, 5.74) is 4.10. The minimum absolute atomic E-state index is 0.350. The third-order valence-electron chi connectivity index (χ3n) is 2.74. The molecule has 19 heavy (non-hydrogen) atoms. The Balaban J connectivity index is 2.46. The Hall–Kier alpha value is -2.19. The number of imidazole rings is 1. The van der Waals surface area contributed by atoms with Crippen molar-refractivity contribution < 1.29 is 9.47 Å². The van der Waals surface area contributed by atoms with E-state index in [1.165, 1.54) is 20.4 Å². The fourth-order valence-electron chi connectivity index (χ4n) is 1.76. The molecule has 8 heteroatoms. The number of aryl methyl sites for hydroxylation is 1. The first-order valence-electron chi connectivity index (χ1n) is 5.58. The van der Waals surface area contributed by atoms with Crippen molar-refractivity contribution in [3.63, 3.8) is 0 Å². The van der Waals surface area contributed by atoms with E-state index in [1.807, 2.05) is 11.6 Å². The summed E-state index contributed by atoms with van der Waals surface area (Å²) in [4.78, 5) is 12.5. The second-order valence-corrected chi connectivity index (χ2v) is 3.84. The first-order valence-corrected chi connectivity index (χ1v) is 5.58. The molecule has 0 spiro atoms. The summed E-state index contributed by atoms with van der Waals surface area (Å²) in [6.45, 7) is 0. The molecule has 0 bridgehead atoms. The lowest BCUT2D eigenvalue weighted by Gasteiger charge is -2.17. The molecule has 0 aliphatic heterocycles. The Morgan fingerprint density at radius 2 is 2.11 bits per heavy atom. The van der Waals surface area contributed by atoms with Crippen LogP contribution in [0.25, 0.3) is 0 Å². The average molecular weight is 264 g/mol. The molecule has 2 aromatic heterocycles. The van der Waals surface area contributed by atoms with Gasteiger partial charge in [0, 0.05) is 7.05 Å². The molecule has 2 heterocycles. The minimum atomic E-state index is -0.374. The molecule has 0 radical (unpaired) electrons. The van der Waals surface area contributed by atoms with Crippen LogP contribution in [-0.4, -0.2) is 33.7 Å². The zero-order valence-corrected chi connectivity index (χ0v) is 11.0. The highest BCUT2D eigenvalue weighted by Gasteiger charge is 2.22. The summed E-state index contributed by atoms with van der Waals surface area (Å²) in [6.07, 6.45) is 4.90. The predicted molar refractivity (Wildman–Crippen MR) is 67.5 cm³/mol. The molecular formula is C11H16N6O2. The van der Waals surface area contributed by atoms with Crippen molar-refractivity contribution in [1.82, 2.24) is 24.9 Å². The summed E-state index contributed by atoms with van der Waals surface area (Å²) in [5.74, 6) is 6.34. The highest BCUT2D eigenvalue weighted by molar-refractivity contribution is 5.31. The van der Waals surface area contributed by atoms with Gasteiger partial charge >= 0.3 is 0 Å². The molecular weight excluding hydrogens is 248 g/mol. The van der Waals surface area contributed by atoms with Gasteiger partial charge in [-0.05, 0) is 0 Å². The van der Waals surface area contributed by atoms with E-state index in [0.29, 0.717) is 17.5 Å². The Bertz CT molecular complexity index is 556. The minimum Gasteiger partial charge on any atom is -0.480 e. The third-order valence-corrected chi connectivity index (χ3v) is 2.74. The average Bonchev–Trinajstić information content (AvgIpc) is 2.86. The van der Waals surface area contributed by atoms with Crippen LogP contribution < -0.4 is 20.7 Å². The summed E-state index contributed by atoms with van der Waals surface area (Å²) in [6, 6.07) is -0.374. The van der Waals surface area contributed by atoms with Gasteiger partial charge in [0.25, 0.3) is 0 Å². The highest BCUT2D eigenvalue weighted by atomic mass is 16.5. The highest BCUT2D eigenvalue weighted by Crippen LogP contribution is 2.27. The van der Waals surface area contributed by atoms with Gasteiger partial charge in [-0.2, -0.15) is 4.98 Å². The SMILES string of the molecule is COc1cnc(C(NN)c2cncn2C)c(OC)n1. The van der Waals surface area contributed by atoms with Gasteiger partial charge in [-0.25, -0.2) is 15.4 Å². The zero-order chi connectivity index (χ0) is 13.8. The fraction of sp³-hybridized carbons (Fsp3) is 0.364. The molecule has 0 aliphatic rings. The van der Waals surface area contributed by atoms with Crippen LogP contribution >= 0.6 is 0 Å². The number of ether oxygens (including phenoxy) is 2. The summed E-state index contributed by atoms with van der Waals surface area (Å²) in [5, 5.41) is 0. The van der Waals surface area contributed by atoms with Crippen LogP contribution in [0, 0.1) is 0 Å². The van der Waals surface area contributed by atoms with Crippen molar-refractivity contribution in [1.29, 1.82) is 0 Å². The number of hydrogen-bond acceptors (Lipinski definition) is 7. The zero-order valence-electron chi connectivity index (χ0n) is 11.0. The molecule has 1 atom stereocenters.